The number of sulfonamides is 1. The standard InChI is InChI=1S/C24H31F2N3O5S/c1-16(2)13-27-24(31)17(3)28(14-18-6-9-20(34-4)10-7-18)23(30)15-29(35(5,32)33)19-8-11-21(25)22(26)12-19/h6-12,16-17H,13-15H2,1-5H3,(H,27,31)/t17-/m1/s1. The van der Waals surface area contributed by atoms with Crippen LogP contribution >= 0.6 is 0 Å². The normalized spacial score (nSPS) is 12.2. The second-order valence-corrected chi connectivity index (χ2v) is 10.5. The van der Waals surface area contributed by atoms with Gasteiger partial charge in [-0.1, -0.05) is 26.0 Å². The Labute approximate surface area is 204 Å². The van der Waals surface area contributed by atoms with Gasteiger partial charge < -0.3 is 15.0 Å². The number of methoxy groups -OCH3 is 1. The Morgan fingerprint density at radius 3 is 2.17 bits per heavy atom. The smallest absolute Gasteiger partial charge is 0.244 e. The number of benzene rings is 2. The van der Waals surface area contributed by atoms with Gasteiger partial charge in [0.1, 0.15) is 18.3 Å². The zero-order valence-corrected chi connectivity index (χ0v) is 21.2. The van der Waals surface area contributed by atoms with Gasteiger partial charge in [0.05, 0.1) is 19.1 Å². The van der Waals surface area contributed by atoms with Crippen molar-refractivity contribution >= 4 is 27.5 Å². The molecular weight excluding hydrogens is 480 g/mol. The van der Waals surface area contributed by atoms with Crippen LogP contribution in [-0.4, -0.2) is 57.6 Å². The summed E-state index contributed by atoms with van der Waals surface area (Å²) in [5, 5.41) is 2.77. The highest BCUT2D eigenvalue weighted by molar-refractivity contribution is 7.92. The van der Waals surface area contributed by atoms with E-state index in [0.29, 0.717) is 28.2 Å². The monoisotopic (exact) mass is 511 g/mol. The highest BCUT2D eigenvalue weighted by atomic mass is 32.2. The molecule has 0 saturated heterocycles. The summed E-state index contributed by atoms with van der Waals surface area (Å²) in [5.74, 6) is -2.70. The van der Waals surface area contributed by atoms with Crippen LogP contribution in [0.1, 0.15) is 26.3 Å². The third kappa shape index (κ3) is 7.91. The van der Waals surface area contributed by atoms with Crippen molar-refractivity contribution in [3.63, 3.8) is 0 Å². The summed E-state index contributed by atoms with van der Waals surface area (Å²) in [6.45, 7) is 5.10. The number of halogens is 2. The molecule has 0 aliphatic rings. The Kier molecular flexibility index (Phi) is 9.58. The lowest BCUT2D eigenvalue weighted by Gasteiger charge is -2.31. The van der Waals surface area contributed by atoms with E-state index in [1.54, 1.807) is 31.2 Å². The van der Waals surface area contributed by atoms with E-state index in [0.717, 1.165) is 18.4 Å². The van der Waals surface area contributed by atoms with Gasteiger partial charge in [0.25, 0.3) is 0 Å². The number of ether oxygens (including phenoxy) is 1. The second kappa shape index (κ2) is 12.0. The van der Waals surface area contributed by atoms with Crippen molar-refractivity contribution in [2.75, 3.05) is 30.8 Å². The van der Waals surface area contributed by atoms with Crippen molar-refractivity contribution in [1.82, 2.24) is 10.2 Å². The van der Waals surface area contributed by atoms with Crippen LogP contribution in [0.2, 0.25) is 0 Å². The first-order valence-electron chi connectivity index (χ1n) is 11.0. The highest BCUT2D eigenvalue weighted by Crippen LogP contribution is 2.22. The van der Waals surface area contributed by atoms with Crippen molar-refractivity contribution in [3.05, 3.63) is 59.7 Å². The summed E-state index contributed by atoms with van der Waals surface area (Å²) in [4.78, 5) is 27.4. The summed E-state index contributed by atoms with van der Waals surface area (Å²) < 4.78 is 57.9. The van der Waals surface area contributed by atoms with Gasteiger partial charge >= 0.3 is 0 Å². The van der Waals surface area contributed by atoms with Crippen LogP contribution in [0.5, 0.6) is 5.75 Å². The average molecular weight is 512 g/mol. The fourth-order valence-electron chi connectivity index (χ4n) is 3.22. The number of nitrogens with one attached hydrogen (secondary N) is 1. The molecule has 1 N–H and O–H groups in total. The number of rotatable bonds is 11. The average Bonchev–Trinajstić information content (AvgIpc) is 2.80. The Morgan fingerprint density at radius 2 is 1.66 bits per heavy atom. The zero-order valence-electron chi connectivity index (χ0n) is 20.4. The predicted octanol–water partition coefficient (Wildman–Crippen LogP) is 2.93. The molecule has 11 heteroatoms. The lowest BCUT2D eigenvalue weighted by atomic mass is 10.1. The minimum atomic E-state index is -4.05. The summed E-state index contributed by atoms with van der Waals surface area (Å²) in [6.07, 6.45) is 0.855. The van der Waals surface area contributed by atoms with E-state index >= 15 is 0 Å². The molecule has 0 unspecified atom stereocenters. The molecule has 0 aromatic heterocycles. The van der Waals surface area contributed by atoms with Crippen LogP contribution in [-0.2, 0) is 26.2 Å². The molecule has 8 nitrogen and oxygen atoms in total. The third-order valence-corrected chi connectivity index (χ3v) is 6.37. The van der Waals surface area contributed by atoms with E-state index < -0.39 is 46.1 Å². The molecule has 0 saturated carbocycles. The number of amides is 2. The molecule has 0 heterocycles. The molecule has 0 fully saturated rings. The van der Waals surface area contributed by atoms with Crippen LogP contribution in [0.25, 0.3) is 0 Å². The van der Waals surface area contributed by atoms with Gasteiger partial charge in [0, 0.05) is 19.2 Å². The maximum Gasteiger partial charge on any atom is 0.244 e. The van der Waals surface area contributed by atoms with Crippen LogP contribution in [0.15, 0.2) is 42.5 Å². The molecule has 0 bridgehead atoms. The molecule has 2 aromatic rings. The summed E-state index contributed by atoms with van der Waals surface area (Å²) in [5.41, 5.74) is 0.474. The van der Waals surface area contributed by atoms with Gasteiger partial charge in [-0.2, -0.15) is 0 Å². The van der Waals surface area contributed by atoms with Gasteiger partial charge in [-0.3, -0.25) is 13.9 Å². The highest BCUT2D eigenvalue weighted by Gasteiger charge is 2.30. The molecule has 1 atom stereocenters. The minimum Gasteiger partial charge on any atom is -0.497 e. The number of carbonyl (C=O) groups is 2. The fourth-order valence-corrected chi connectivity index (χ4v) is 4.06. The predicted molar refractivity (Wildman–Crippen MR) is 129 cm³/mol. The number of hydrogen-bond acceptors (Lipinski definition) is 5. The first-order chi connectivity index (χ1) is 16.3. The maximum absolute atomic E-state index is 13.8. The van der Waals surface area contributed by atoms with E-state index in [-0.39, 0.29) is 18.2 Å². The Bertz CT molecular complexity index is 1140. The molecule has 0 spiro atoms. The van der Waals surface area contributed by atoms with E-state index in [4.69, 9.17) is 4.74 Å². The number of anilines is 1. The topological polar surface area (TPSA) is 96.0 Å². The molecule has 2 aromatic carbocycles. The zero-order chi connectivity index (χ0) is 26.3. The van der Waals surface area contributed by atoms with Crippen molar-refractivity contribution in [1.29, 1.82) is 0 Å². The number of nitrogens with zero attached hydrogens (tertiary/aromatic N) is 2. The van der Waals surface area contributed by atoms with E-state index in [1.807, 2.05) is 13.8 Å². The SMILES string of the molecule is COc1ccc(CN(C(=O)CN(c2ccc(F)c(F)c2)S(C)(=O)=O)[C@H](C)C(=O)NCC(C)C)cc1. The first kappa shape index (κ1) is 28.0. The van der Waals surface area contributed by atoms with Crippen molar-refractivity contribution in [2.24, 2.45) is 5.92 Å². The van der Waals surface area contributed by atoms with Crippen molar-refractivity contribution in [2.45, 2.75) is 33.4 Å². The molecule has 0 aliphatic heterocycles. The van der Waals surface area contributed by atoms with Crippen LogP contribution in [0, 0.1) is 17.6 Å². The largest absolute Gasteiger partial charge is 0.497 e. The van der Waals surface area contributed by atoms with E-state index in [1.165, 1.54) is 12.0 Å². The van der Waals surface area contributed by atoms with Gasteiger partial charge in [-0.25, -0.2) is 17.2 Å². The van der Waals surface area contributed by atoms with Gasteiger partial charge in [-0.15, -0.1) is 0 Å². The van der Waals surface area contributed by atoms with Gasteiger partial charge in [0.2, 0.25) is 21.8 Å². The molecule has 192 valence electrons. The number of carbonyl (C=O) groups excluding carboxylic acids is 2. The van der Waals surface area contributed by atoms with E-state index in [2.05, 4.69) is 5.32 Å². The summed E-state index contributed by atoms with van der Waals surface area (Å²) in [6, 6.07) is 8.47. The first-order valence-corrected chi connectivity index (χ1v) is 12.8. The van der Waals surface area contributed by atoms with E-state index in [9.17, 15) is 26.8 Å². The second-order valence-electron chi connectivity index (χ2n) is 8.55. The Balaban J connectivity index is 2.38. The van der Waals surface area contributed by atoms with Crippen LogP contribution in [0.4, 0.5) is 14.5 Å². The third-order valence-electron chi connectivity index (χ3n) is 5.23. The molecule has 0 radical (unpaired) electrons. The Morgan fingerprint density at radius 1 is 1.03 bits per heavy atom. The quantitative estimate of drug-likeness (QED) is 0.501. The molecular formula is C24H31F2N3O5S. The van der Waals surface area contributed by atoms with Gasteiger partial charge in [-0.05, 0) is 42.7 Å². The molecule has 35 heavy (non-hydrogen) atoms. The van der Waals surface area contributed by atoms with Crippen LogP contribution in [0.3, 0.4) is 0 Å². The lowest BCUT2D eigenvalue weighted by molar-refractivity contribution is -0.139. The molecule has 2 amide bonds. The van der Waals surface area contributed by atoms with Crippen molar-refractivity contribution < 1.29 is 31.5 Å². The summed E-state index contributed by atoms with van der Waals surface area (Å²) >= 11 is 0. The number of hydrogen-bond donors (Lipinski definition) is 1. The summed E-state index contributed by atoms with van der Waals surface area (Å²) in [7, 11) is -2.53. The molecule has 0 aliphatic carbocycles. The maximum atomic E-state index is 13.8. The Hall–Kier alpha value is -3.21. The van der Waals surface area contributed by atoms with Gasteiger partial charge in [0.15, 0.2) is 11.6 Å². The fraction of sp³-hybridized carbons (Fsp3) is 0.417. The van der Waals surface area contributed by atoms with Crippen molar-refractivity contribution in [3.8, 4) is 5.75 Å². The minimum absolute atomic E-state index is 0.00841. The van der Waals surface area contributed by atoms with Crippen LogP contribution < -0.4 is 14.4 Å². The lowest BCUT2D eigenvalue weighted by Crippen LogP contribution is -2.51. The molecule has 2 rings (SSSR count).